The molecule has 1 N–H and O–H groups in total. The fraction of sp³-hybridized carbons (Fsp3) is 0.267. The van der Waals surface area contributed by atoms with Gasteiger partial charge < -0.3 is 15.0 Å². The van der Waals surface area contributed by atoms with E-state index < -0.39 is 0 Å². The number of hydrogen-bond acceptors (Lipinski definition) is 3. The summed E-state index contributed by atoms with van der Waals surface area (Å²) >= 11 is 0. The first-order valence-corrected chi connectivity index (χ1v) is 6.27. The molecule has 1 aliphatic heterocycles. The van der Waals surface area contributed by atoms with Gasteiger partial charge >= 0.3 is 0 Å². The summed E-state index contributed by atoms with van der Waals surface area (Å²) in [5, 5.41) is 2.81. The van der Waals surface area contributed by atoms with E-state index in [1.807, 2.05) is 35.2 Å². The average molecular weight is 258 g/mol. The number of piperazine rings is 1. The molecule has 4 nitrogen and oxygen atoms in total. The van der Waals surface area contributed by atoms with E-state index in [1.54, 1.807) is 13.1 Å². The molecule has 1 fully saturated rings. The summed E-state index contributed by atoms with van der Waals surface area (Å²) in [6.45, 7) is 7.33. The summed E-state index contributed by atoms with van der Waals surface area (Å²) in [7, 11) is 0. The molecular formula is C15H18N2O2. The van der Waals surface area contributed by atoms with Gasteiger partial charge in [-0.25, -0.2) is 0 Å². The van der Waals surface area contributed by atoms with Crippen LogP contribution in [0.5, 0.6) is 0 Å². The van der Waals surface area contributed by atoms with Crippen LogP contribution in [0.3, 0.4) is 0 Å². The largest absolute Gasteiger partial charge is 0.491 e. The maximum absolute atomic E-state index is 11.9. The Hall–Kier alpha value is -2.23. The Morgan fingerprint density at radius 1 is 1.47 bits per heavy atom. The highest BCUT2D eigenvalue weighted by Crippen LogP contribution is 2.16. The zero-order valence-corrected chi connectivity index (χ0v) is 11.1. The lowest BCUT2D eigenvalue weighted by Crippen LogP contribution is -2.44. The van der Waals surface area contributed by atoms with Gasteiger partial charge in [-0.2, -0.15) is 0 Å². The van der Waals surface area contributed by atoms with Gasteiger partial charge in [0.1, 0.15) is 18.1 Å². The molecule has 1 saturated heterocycles. The predicted octanol–water partition coefficient (Wildman–Crippen LogP) is 2.01. The van der Waals surface area contributed by atoms with E-state index in [1.165, 1.54) is 0 Å². The molecule has 1 heterocycles. The normalized spacial score (nSPS) is 17.7. The Bertz CT molecular complexity index is 494. The minimum atomic E-state index is -0.114. The van der Waals surface area contributed by atoms with E-state index in [-0.39, 0.29) is 5.91 Å². The van der Waals surface area contributed by atoms with Crippen molar-refractivity contribution in [1.29, 1.82) is 0 Å². The Morgan fingerprint density at radius 2 is 2.21 bits per heavy atom. The van der Waals surface area contributed by atoms with Crippen molar-refractivity contribution in [2.45, 2.75) is 13.5 Å². The van der Waals surface area contributed by atoms with E-state index in [4.69, 9.17) is 4.74 Å². The fourth-order valence-corrected chi connectivity index (χ4v) is 1.99. The van der Waals surface area contributed by atoms with E-state index in [0.29, 0.717) is 24.6 Å². The molecule has 4 heteroatoms. The fourth-order valence-electron chi connectivity index (χ4n) is 1.99. The number of carbonyl (C=O) groups is 1. The molecular weight excluding hydrogens is 240 g/mol. The van der Waals surface area contributed by atoms with Crippen molar-refractivity contribution in [1.82, 2.24) is 10.2 Å². The van der Waals surface area contributed by atoms with Crippen molar-refractivity contribution in [2.75, 3.05) is 13.1 Å². The summed E-state index contributed by atoms with van der Waals surface area (Å²) in [6, 6.07) is 9.87. The van der Waals surface area contributed by atoms with Gasteiger partial charge in [-0.05, 0) is 18.7 Å². The van der Waals surface area contributed by atoms with Gasteiger partial charge in [0.15, 0.2) is 0 Å². The minimum Gasteiger partial charge on any atom is -0.491 e. The van der Waals surface area contributed by atoms with Crippen LogP contribution in [0, 0.1) is 0 Å². The quantitative estimate of drug-likeness (QED) is 0.663. The van der Waals surface area contributed by atoms with Crippen molar-refractivity contribution in [3.8, 4) is 0 Å². The van der Waals surface area contributed by atoms with E-state index in [2.05, 4.69) is 11.9 Å². The topological polar surface area (TPSA) is 41.6 Å². The molecule has 1 aromatic rings. The Labute approximate surface area is 113 Å². The van der Waals surface area contributed by atoms with Gasteiger partial charge in [0.2, 0.25) is 0 Å². The zero-order chi connectivity index (χ0) is 13.7. The molecule has 1 amide bonds. The van der Waals surface area contributed by atoms with Gasteiger partial charge in [-0.1, -0.05) is 36.9 Å². The first kappa shape index (κ1) is 13.2. The van der Waals surface area contributed by atoms with Crippen molar-refractivity contribution in [3.05, 3.63) is 60.1 Å². The molecule has 0 unspecified atom stereocenters. The SMILES string of the molecule is C=CN1CCNC(=O)/C1=C(/C)OCc1ccccc1. The highest BCUT2D eigenvalue weighted by molar-refractivity contribution is 5.94. The van der Waals surface area contributed by atoms with Crippen LogP contribution in [-0.2, 0) is 16.1 Å². The summed E-state index contributed by atoms with van der Waals surface area (Å²) < 4.78 is 5.70. The third-order valence-electron chi connectivity index (χ3n) is 2.99. The zero-order valence-electron chi connectivity index (χ0n) is 11.1. The lowest BCUT2D eigenvalue weighted by molar-refractivity contribution is -0.120. The third-order valence-corrected chi connectivity index (χ3v) is 2.99. The number of carbonyl (C=O) groups excluding carboxylic acids is 1. The average Bonchev–Trinajstić information content (AvgIpc) is 2.45. The van der Waals surface area contributed by atoms with Crippen LogP contribution >= 0.6 is 0 Å². The van der Waals surface area contributed by atoms with Gasteiger partial charge in [0.25, 0.3) is 5.91 Å². The number of ether oxygens (including phenoxy) is 1. The van der Waals surface area contributed by atoms with Crippen molar-refractivity contribution in [2.24, 2.45) is 0 Å². The summed E-state index contributed by atoms with van der Waals surface area (Å²) in [5.74, 6) is 0.498. The van der Waals surface area contributed by atoms with Gasteiger partial charge in [-0.15, -0.1) is 0 Å². The standard InChI is InChI=1S/C15H18N2O2/c1-3-17-10-9-16-15(18)14(17)12(2)19-11-13-7-5-4-6-8-13/h3-8H,1,9-11H2,2H3,(H,16,18)/b14-12+. The third kappa shape index (κ3) is 3.16. The van der Waals surface area contributed by atoms with Crippen LogP contribution in [0.25, 0.3) is 0 Å². The highest BCUT2D eigenvalue weighted by Gasteiger charge is 2.23. The van der Waals surface area contributed by atoms with Crippen LogP contribution in [0.1, 0.15) is 12.5 Å². The second-order valence-electron chi connectivity index (χ2n) is 4.31. The first-order chi connectivity index (χ1) is 9.22. The summed E-state index contributed by atoms with van der Waals surface area (Å²) in [5.41, 5.74) is 1.61. The van der Waals surface area contributed by atoms with Crippen molar-refractivity contribution in [3.63, 3.8) is 0 Å². The molecule has 1 aliphatic rings. The molecule has 2 rings (SSSR count). The smallest absolute Gasteiger partial charge is 0.271 e. The van der Waals surface area contributed by atoms with Crippen molar-refractivity contribution < 1.29 is 9.53 Å². The molecule has 0 radical (unpaired) electrons. The molecule has 0 bridgehead atoms. The minimum absolute atomic E-state index is 0.114. The Kier molecular flexibility index (Phi) is 4.23. The monoisotopic (exact) mass is 258 g/mol. The molecule has 0 spiro atoms. The summed E-state index contributed by atoms with van der Waals surface area (Å²) in [6.07, 6.45) is 1.66. The molecule has 0 atom stereocenters. The molecule has 0 saturated carbocycles. The van der Waals surface area contributed by atoms with Crippen LogP contribution in [0.2, 0.25) is 0 Å². The van der Waals surface area contributed by atoms with E-state index in [9.17, 15) is 4.79 Å². The molecule has 0 aromatic heterocycles. The van der Waals surface area contributed by atoms with Crippen LogP contribution in [0.15, 0.2) is 54.6 Å². The lowest BCUT2D eigenvalue weighted by Gasteiger charge is -2.29. The maximum Gasteiger partial charge on any atom is 0.271 e. The highest BCUT2D eigenvalue weighted by atomic mass is 16.5. The lowest BCUT2D eigenvalue weighted by atomic mass is 10.2. The number of nitrogens with zero attached hydrogens (tertiary/aromatic N) is 1. The van der Waals surface area contributed by atoms with E-state index >= 15 is 0 Å². The summed E-state index contributed by atoms with van der Waals surface area (Å²) in [4.78, 5) is 13.7. The van der Waals surface area contributed by atoms with Gasteiger partial charge in [-0.3, -0.25) is 4.79 Å². The van der Waals surface area contributed by atoms with Crippen LogP contribution in [-0.4, -0.2) is 23.9 Å². The second-order valence-corrected chi connectivity index (χ2v) is 4.31. The van der Waals surface area contributed by atoms with Gasteiger partial charge in [0.05, 0.1) is 0 Å². The molecule has 0 aliphatic carbocycles. The molecule has 1 aromatic carbocycles. The van der Waals surface area contributed by atoms with E-state index in [0.717, 1.165) is 12.1 Å². The second kappa shape index (κ2) is 6.09. The predicted molar refractivity (Wildman–Crippen MR) is 73.8 cm³/mol. The maximum atomic E-state index is 11.9. The Balaban J connectivity index is 2.10. The number of amides is 1. The number of hydrogen-bond donors (Lipinski definition) is 1. The molecule has 19 heavy (non-hydrogen) atoms. The number of rotatable bonds is 4. The van der Waals surface area contributed by atoms with Crippen LogP contribution in [0.4, 0.5) is 0 Å². The molecule has 100 valence electrons. The Morgan fingerprint density at radius 3 is 2.89 bits per heavy atom. The number of allylic oxidation sites excluding steroid dienone is 1. The van der Waals surface area contributed by atoms with Crippen LogP contribution < -0.4 is 5.32 Å². The number of benzene rings is 1. The number of nitrogens with one attached hydrogen (secondary N) is 1. The van der Waals surface area contributed by atoms with Crippen molar-refractivity contribution >= 4 is 5.91 Å². The van der Waals surface area contributed by atoms with Gasteiger partial charge in [0, 0.05) is 13.1 Å². The first-order valence-electron chi connectivity index (χ1n) is 6.27.